The van der Waals surface area contributed by atoms with Crippen molar-refractivity contribution in [3.63, 3.8) is 0 Å². The van der Waals surface area contributed by atoms with Gasteiger partial charge in [-0.15, -0.1) is 0 Å². The van der Waals surface area contributed by atoms with Gasteiger partial charge < -0.3 is 10.8 Å². The van der Waals surface area contributed by atoms with Gasteiger partial charge in [0.15, 0.2) is 6.17 Å². The van der Waals surface area contributed by atoms with Crippen LogP contribution in [0.2, 0.25) is 0 Å². The number of benzene rings is 3. The van der Waals surface area contributed by atoms with Gasteiger partial charge in [0.1, 0.15) is 35.5 Å². The minimum atomic E-state index is -0.627. The molecule has 2 unspecified atom stereocenters. The molecule has 0 aliphatic carbocycles. The SMILES string of the molecule is Cc1ccccc1-n1c(CN2N=C(c3cc(O)cc(F)c3)C3C(N)=NC=NC32)cc2cccc(F)c2c1=O. The van der Waals surface area contributed by atoms with E-state index in [0.717, 1.165) is 11.6 Å². The van der Waals surface area contributed by atoms with E-state index in [1.165, 1.54) is 29.1 Å². The third kappa shape index (κ3) is 3.81. The Balaban J connectivity index is 1.53. The van der Waals surface area contributed by atoms with Gasteiger partial charge in [0, 0.05) is 17.3 Å². The molecule has 10 heteroatoms. The summed E-state index contributed by atoms with van der Waals surface area (Å²) in [6.45, 7) is 1.98. The summed E-state index contributed by atoms with van der Waals surface area (Å²) in [6, 6.07) is 17.3. The molecule has 0 saturated heterocycles. The zero-order chi connectivity index (χ0) is 26.6. The van der Waals surface area contributed by atoms with Gasteiger partial charge in [0.05, 0.1) is 23.3 Å². The Hall–Kier alpha value is -4.86. The lowest BCUT2D eigenvalue weighted by Gasteiger charge is -2.27. The summed E-state index contributed by atoms with van der Waals surface area (Å²) in [5.41, 5.74) is 8.46. The van der Waals surface area contributed by atoms with Crippen LogP contribution < -0.4 is 11.3 Å². The molecule has 0 fully saturated rings. The molecule has 3 aromatic carbocycles. The lowest BCUT2D eigenvalue weighted by Crippen LogP contribution is -2.42. The van der Waals surface area contributed by atoms with E-state index in [0.29, 0.717) is 28.0 Å². The van der Waals surface area contributed by atoms with Crippen molar-refractivity contribution in [3.05, 3.63) is 106 Å². The summed E-state index contributed by atoms with van der Waals surface area (Å²) >= 11 is 0. The number of nitrogens with zero attached hydrogens (tertiary/aromatic N) is 5. The van der Waals surface area contributed by atoms with Crippen molar-refractivity contribution in [1.82, 2.24) is 9.58 Å². The highest BCUT2D eigenvalue weighted by Gasteiger charge is 2.42. The molecule has 2 aliphatic rings. The van der Waals surface area contributed by atoms with Gasteiger partial charge in [-0.05, 0) is 48.2 Å². The molecular formula is C28H22F2N6O2. The highest BCUT2D eigenvalue weighted by Crippen LogP contribution is 2.32. The van der Waals surface area contributed by atoms with E-state index in [9.17, 15) is 18.7 Å². The quantitative estimate of drug-likeness (QED) is 0.433. The third-order valence-electron chi connectivity index (χ3n) is 6.81. The van der Waals surface area contributed by atoms with E-state index < -0.39 is 29.3 Å². The number of para-hydroxylation sites is 1. The number of hydrogen-bond acceptors (Lipinski definition) is 7. The smallest absolute Gasteiger partial charge is 0.266 e. The Labute approximate surface area is 215 Å². The van der Waals surface area contributed by atoms with Crippen LogP contribution >= 0.6 is 0 Å². The number of hydrogen-bond donors (Lipinski definition) is 2. The topological polar surface area (TPSA) is 109 Å². The monoisotopic (exact) mass is 512 g/mol. The van der Waals surface area contributed by atoms with E-state index in [1.807, 2.05) is 25.1 Å². The summed E-state index contributed by atoms with van der Waals surface area (Å²) in [5.74, 6) is -1.84. The van der Waals surface area contributed by atoms with Gasteiger partial charge in [-0.25, -0.2) is 18.8 Å². The van der Waals surface area contributed by atoms with Gasteiger partial charge >= 0.3 is 0 Å². The molecule has 0 spiro atoms. The summed E-state index contributed by atoms with van der Waals surface area (Å²) < 4.78 is 30.5. The van der Waals surface area contributed by atoms with Crippen LogP contribution in [0.3, 0.4) is 0 Å². The average molecular weight is 513 g/mol. The van der Waals surface area contributed by atoms with Crippen molar-refractivity contribution in [2.75, 3.05) is 0 Å². The third-order valence-corrected chi connectivity index (χ3v) is 6.81. The number of aromatic nitrogens is 1. The number of aliphatic imine (C=N–C) groups is 2. The number of amidine groups is 1. The molecule has 2 aliphatic heterocycles. The molecule has 2 atom stereocenters. The average Bonchev–Trinajstić information content (AvgIpc) is 3.24. The second kappa shape index (κ2) is 8.91. The van der Waals surface area contributed by atoms with Crippen molar-refractivity contribution >= 4 is 28.7 Å². The van der Waals surface area contributed by atoms with Crippen molar-refractivity contribution in [1.29, 1.82) is 0 Å². The number of hydrazone groups is 1. The number of phenols is 1. The Bertz CT molecular complexity index is 1740. The van der Waals surface area contributed by atoms with Gasteiger partial charge in [-0.1, -0.05) is 30.3 Å². The number of halogens is 2. The number of fused-ring (bicyclic) bond motifs is 2. The van der Waals surface area contributed by atoms with Crippen LogP contribution in [-0.4, -0.2) is 38.7 Å². The molecule has 38 heavy (non-hydrogen) atoms. The predicted octanol–water partition coefficient (Wildman–Crippen LogP) is 3.84. The van der Waals surface area contributed by atoms with E-state index in [2.05, 4.69) is 9.98 Å². The molecule has 0 bridgehead atoms. The molecule has 1 aromatic heterocycles. The molecule has 4 aromatic rings. The molecule has 0 saturated carbocycles. The van der Waals surface area contributed by atoms with Crippen LogP contribution in [0.25, 0.3) is 16.5 Å². The largest absolute Gasteiger partial charge is 0.508 e. The number of aryl methyl sites for hydroxylation is 1. The standard InChI is InChI=1S/C28H22F2N6O2/c1-15-5-2-3-8-22(15)36-19(10-16-6-4-7-21(30)23(16)28(36)38)13-35-27-24(26(31)32-14-33-27)25(34-35)17-9-18(29)12-20(37)11-17/h2-12,14,24,27,37H,13H2,1H3,(H2,31,32,33). The van der Waals surface area contributed by atoms with Gasteiger partial charge in [-0.3, -0.25) is 14.4 Å². The summed E-state index contributed by atoms with van der Waals surface area (Å²) in [5, 5.41) is 16.8. The number of aromatic hydroxyl groups is 1. The van der Waals surface area contributed by atoms with Crippen LogP contribution in [0.1, 0.15) is 16.8 Å². The maximum Gasteiger partial charge on any atom is 0.266 e. The van der Waals surface area contributed by atoms with Crippen molar-refractivity contribution in [3.8, 4) is 11.4 Å². The lowest BCUT2D eigenvalue weighted by molar-refractivity contribution is 0.210. The predicted molar refractivity (Wildman–Crippen MR) is 142 cm³/mol. The van der Waals surface area contributed by atoms with Gasteiger partial charge in [0.25, 0.3) is 5.56 Å². The normalized spacial score (nSPS) is 18.4. The summed E-state index contributed by atoms with van der Waals surface area (Å²) in [4.78, 5) is 22.3. The number of rotatable bonds is 4. The van der Waals surface area contributed by atoms with E-state index in [1.54, 1.807) is 29.3 Å². The molecular weight excluding hydrogens is 490 g/mol. The Morgan fingerprint density at radius 1 is 1.05 bits per heavy atom. The van der Waals surface area contributed by atoms with Crippen molar-refractivity contribution in [2.24, 2.45) is 26.7 Å². The zero-order valence-electron chi connectivity index (χ0n) is 20.2. The molecule has 3 N–H and O–H groups in total. The fourth-order valence-corrected chi connectivity index (χ4v) is 5.10. The van der Waals surface area contributed by atoms with E-state index in [-0.39, 0.29) is 23.5 Å². The fourth-order valence-electron chi connectivity index (χ4n) is 5.10. The van der Waals surface area contributed by atoms with Crippen LogP contribution in [-0.2, 0) is 6.54 Å². The van der Waals surface area contributed by atoms with Crippen LogP contribution in [0, 0.1) is 24.5 Å². The number of phenolic OH excluding ortho intramolecular Hbond substituents is 1. The first kappa shape index (κ1) is 23.5. The van der Waals surface area contributed by atoms with E-state index >= 15 is 0 Å². The maximum atomic E-state index is 14.8. The van der Waals surface area contributed by atoms with Crippen molar-refractivity contribution in [2.45, 2.75) is 19.6 Å². The minimum absolute atomic E-state index is 0.00899. The summed E-state index contributed by atoms with van der Waals surface area (Å²) in [6.07, 6.45) is 0.728. The molecule has 0 radical (unpaired) electrons. The van der Waals surface area contributed by atoms with Gasteiger partial charge in [0.2, 0.25) is 0 Å². The first-order chi connectivity index (χ1) is 18.3. The van der Waals surface area contributed by atoms with Crippen LogP contribution in [0.4, 0.5) is 8.78 Å². The summed E-state index contributed by atoms with van der Waals surface area (Å²) in [7, 11) is 0. The first-order valence-corrected chi connectivity index (χ1v) is 11.9. The zero-order valence-corrected chi connectivity index (χ0v) is 20.2. The molecule has 3 heterocycles. The second-order valence-corrected chi connectivity index (χ2v) is 9.26. The number of nitrogens with two attached hydrogens (primary N) is 1. The maximum absolute atomic E-state index is 14.8. The molecule has 190 valence electrons. The number of pyridine rings is 1. The van der Waals surface area contributed by atoms with Crippen LogP contribution in [0.15, 0.2) is 86.6 Å². The van der Waals surface area contributed by atoms with E-state index in [4.69, 9.17) is 10.8 Å². The first-order valence-electron chi connectivity index (χ1n) is 11.9. The molecule has 8 nitrogen and oxygen atoms in total. The Kier molecular flexibility index (Phi) is 5.52. The molecule has 6 rings (SSSR count). The lowest BCUT2D eigenvalue weighted by atomic mass is 9.93. The highest BCUT2D eigenvalue weighted by molar-refractivity contribution is 6.17. The molecule has 0 amide bonds. The highest BCUT2D eigenvalue weighted by atomic mass is 19.1. The van der Waals surface area contributed by atoms with Gasteiger partial charge in [-0.2, -0.15) is 5.10 Å². The second-order valence-electron chi connectivity index (χ2n) is 9.26. The van der Waals surface area contributed by atoms with Crippen molar-refractivity contribution < 1.29 is 13.9 Å². The van der Waals surface area contributed by atoms with Crippen LogP contribution in [0.5, 0.6) is 5.75 Å². The fraction of sp³-hybridized carbons (Fsp3) is 0.143. The Morgan fingerprint density at radius 2 is 1.87 bits per heavy atom. The minimum Gasteiger partial charge on any atom is -0.508 e. The Morgan fingerprint density at radius 3 is 2.66 bits per heavy atom.